The van der Waals surface area contributed by atoms with E-state index in [1.165, 1.54) is 16.7 Å². The Kier molecular flexibility index (Phi) is 4.00. The standard InChI is InChI=1S/C17H24N2O2/c1-11-7-8-12(2)13(9-11)17-18-10-16(20)19(17)14-5-4-6-15(14)21-3/h7-9,14-15,17-18H,4-6,10H2,1-3H3. The summed E-state index contributed by atoms with van der Waals surface area (Å²) < 4.78 is 5.60. The number of carbonyl (C=O) groups is 1. The molecule has 3 atom stereocenters. The Morgan fingerprint density at radius 2 is 2.10 bits per heavy atom. The van der Waals surface area contributed by atoms with Gasteiger partial charge in [0.05, 0.1) is 18.7 Å². The molecule has 1 aliphatic carbocycles. The van der Waals surface area contributed by atoms with Gasteiger partial charge in [0.1, 0.15) is 6.17 Å². The Morgan fingerprint density at radius 1 is 1.29 bits per heavy atom. The van der Waals surface area contributed by atoms with Crippen molar-refractivity contribution in [3.05, 3.63) is 34.9 Å². The van der Waals surface area contributed by atoms with Crippen LogP contribution in [0.15, 0.2) is 18.2 Å². The molecule has 1 aliphatic heterocycles. The molecule has 1 heterocycles. The molecule has 0 spiro atoms. The van der Waals surface area contributed by atoms with Gasteiger partial charge < -0.3 is 9.64 Å². The van der Waals surface area contributed by atoms with Crippen LogP contribution >= 0.6 is 0 Å². The first-order chi connectivity index (χ1) is 10.1. The fourth-order valence-corrected chi connectivity index (χ4v) is 3.71. The molecule has 1 N–H and O–H groups in total. The minimum Gasteiger partial charge on any atom is -0.379 e. The average Bonchev–Trinajstić information content (AvgIpc) is 3.07. The predicted molar refractivity (Wildman–Crippen MR) is 81.9 cm³/mol. The molecule has 4 nitrogen and oxygen atoms in total. The van der Waals surface area contributed by atoms with E-state index in [-0.39, 0.29) is 24.2 Å². The summed E-state index contributed by atoms with van der Waals surface area (Å²) in [6.45, 7) is 4.63. The molecule has 21 heavy (non-hydrogen) atoms. The minimum absolute atomic E-state index is 0.0156. The van der Waals surface area contributed by atoms with Gasteiger partial charge in [-0.2, -0.15) is 0 Å². The van der Waals surface area contributed by atoms with E-state index in [2.05, 4.69) is 37.4 Å². The quantitative estimate of drug-likeness (QED) is 0.928. The first kappa shape index (κ1) is 14.5. The third-order valence-corrected chi connectivity index (χ3v) is 4.82. The van der Waals surface area contributed by atoms with E-state index >= 15 is 0 Å². The Bertz CT molecular complexity index is 544. The van der Waals surface area contributed by atoms with Crippen molar-refractivity contribution < 1.29 is 9.53 Å². The first-order valence-corrected chi connectivity index (χ1v) is 7.76. The summed E-state index contributed by atoms with van der Waals surface area (Å²) in [6, 6.07) is 6.64. The Labute approximate surface area is 126 Å². The summed E-state index contributed by atoms with van der Waals surface area (Å²) in [5.41, 5.74) is 3.67. The molecular formula is C17H24N2O2. The highest BCUT2D eigenvalue weighted by Crippen LogP contribution is 2.35. The van der Waals surface area contributed by atoms with Crippen molar-refractivity contribution in [2.24, 2.45) is 0 Å². The molecule has 1 aromatic rings. The molecule has 3 unspecified atom stereocenters. The zero-order valence-electron chi connectivity index (χ0n) is 13.1. The highest BCUT2D eigenvalue weighted by Gasteiger charge is 2.42. The van der Waals surface area contributed by atoms with Gasteiger partial charge >= 0.3 is 0 Å². The lowest BCUT2D eigenvalue weighted by Gasteiger charge is -2.34. The average molecular weight is 288 g/mol. The van der Waals surface area contributed by atoms with E-state index in [1.54, 1.807) is 7.11 Å². The van der Waals surface area contributed by atoms with Crippen LogP contribution in [0.1, 0.15) is 42.1 Å². The van der Waals surface area contributed by atoms with Crippen molar-refractivity contribution in [3.63, 3.8) is 0 Å². The normalized spacial score (nSPS) is 29.4. The van der Waals surface area contributed by atoms with Crippen molar-refractivity contribution >= 4 is 5.91 Å². The molecule has 0 radical (unpaired) electrons. The minimum atomic E-state index is -0.0156. The number of hydrogen-bond donors (Lipinski definition) is 1. The second-order valence-electron chi connectivity index (χ2n) is 6.22. The summed E-state index contributed by atoms with van der Waals surface area (Å²) in [5.74, 6) is 0.190. The molecule has 1 aromatic carbocycles. The third kappa shape index (κ3) is 2.58. The Hall–Kier alpha value is -1.39. The van der Waals surface area contributed by atoms with E-state index in [9.17, 15) is 4.79 Å². The van der Waals surface area contributed by atoms with Gasteiger partial charge in [0.15, 0.2) is 0 Å². The van der Waals surface area contributed by atoms with Crippen LogP contribution in [0.5, 0.6) is 0 Å². The summed E-state index contributed by atoms with van der Waals surface area (Å²) >= 11 is 0. The third-order valence-electron chi connectivity index (χ3n) is 4.82. The van der Waals surface area contributed by atoms with Crippen LogP contribution in [0.3, 0.4) is 0 Å². The Balaban J connectivity index is 1.94. The number of aryl methyl sites for hydroxylation is 2. The second-order valence-corrected chi connectivity index (χ2v) is 6.22. The van der Waals surface area contributed by atoms with Crippen molar-refractivity contribution in [3.8, 4) is 0 Å². The molecular weight excluding hydrogens is 264 g/mol. The number of rotatable bonds is 3. The van der Waals surface area contributed by atoms with Gasteiger partial charge in [0.25, 0.3) is 0 Å². The summed E-state index contributed by atoms with van der Waals surface area (Å²) in [4.78, 5) is 14.4. The first-order valence-electron chi connectivity index (χ1n) is 7.76. The lowest BCUT2D eigenvalue weighted by molar-refractivity contribution is -0.132. The highest BCUT2D eigenvalue weighted by atomic mass is 16.5. The maximum Gasteiger partial charge on any atom is 0.238 e. The smallest absolute Gasteiger partial charge is 0.238 e. The zero-order chi connectivity index (χ0) is 15.0. The Morgan fingerprint density at radius 3 is 2.86 bits per heavy atom. The van der Waals surface area contributed by atoms with Crippen LogP contribution < -0.4 is 5.32 Å². The fourth-order valence-electron chi connectivity index (χ4n) is 3.71. The zero-order valence-corrected chi connectivity index (χ0v) is 13.1. The van der Waals surface area contributed by atoms with E-state index in [4.69, 9.17) is 4.74 Å². The fraction of sp³-hybridized carbons (Fsp3) is 0.588. The lowest BCUT2D eigenvalue weighted by Crippen LogP contribution is -2.44. The summed E-state index contributed by atoms with van der Waals surface area (Å²) in [6.07, 6.45) is 3.36. The monoisotopic (exact) mass is 288 g/mol. The van der Waals surface area contributed by atoms with Crippen LogP contribution in [0.25, 0.3) is 0 Å². The molecule has 0 aromatic heterocycles. The van der Waals surface area contributed by atoms with Crippen LogP contribution in [0, 0.1) is 13.8 Å². The maximum absolute atomic E-state index is 12.4. The van der Waals surface area contributed by atoms with Gasteiger partial charge in [-0.05, 0) is 44.2 Å². The molecule has 4 heteroatoms. The van der Waals surface area contributed by atoms with E-state index in [0.29, 0.717) is 6.54 Å². The van der Waals surface area contributed by atoms with E-state index in [0.717, 1.165) is 19.3 Å². The number of amides is 1. The topological polar surface area (TPSA) is 41.6 Å². The van der Waals surface area contributed by atoms with Crippen LogP contribution in [0.4, 0.5) is 0 Å². The van der Waals surface area contributed by atoms with Crippen molar-refractivity contribution in [2.75, 3.05) is 13.7 Å². The number of nitrogens with zero attached hydrogens (tertiary/aromatic N) is 1. The SMILES string of the molecule is COC1CCCC1N1C(=O)CNC1c1cc(C)ccc1C. The molecule has 2 aliphatic rings. The van der Waals surface area contributed by atoms with E-state index < -0.39 is 0 Å². The number of methoxy groups -OCH3 is 1. The highest BCUT2D eigenvalue weighted by molar-refractivity contribution is 5.81. The summed E-state index contributed by atoms with van der Waals surface area (Å²) in [5, 5.41) is 3.38. The predicted octanol–water partition coefficient (Wildman–Crippen LogP) is 2.30. The van der Waals surface area contributed by atoms with Gasteiger partial charge in [-0.15, -0.1) is 0 Å². The van der Waals surface area contributed by atoms with E-state index in [1.807, 2.05) is 4.90 Å². The van der Waals surface area contributed by atoms with Gasteiger partial charge in [-0.3, -0.25) is 10.1 Å². The number of hydrogen-bond acceptors (Lipinski definition) is 3. The van der Waals surface area contributed by atoms with Crippen molar-refractivity contribution in [1.29, 1.82) is 0 Å². The molecule has 114 valence electrons. The van der Waals surface area contributed by atoms with Gasteiger partial charge in [0, 0.05) is 7.11 Å². The summed E-state index contributed by atoms with van der Waals surface area (Å²) in [7, 11) is 1.75. The van der Waals surface area contributed by atoms with Crippen molar-refractivity contribution in [2.45, 2.75) is 51.4 Å². The number of carbonyl (C=O) groups excluding carboxylic acids is 1. The van der Waals surface area contributed by atoms with Crippen LogP contribution in [0.2, 0.25) is 0 Å². The molecule has 3 rings (SSSR count). The van der Waals surface area contributed by atoms with Crippen molar-refractivity contribution in [1.82, 2.24) is 10.2 Å². The van der Waals surface area contributed by atoms with Gasteiger partial charge in [-0.1, -0.05) is 23.8 Å². The number of nitrogens with one attached hydrogen (secondary N) is 1. The lowest BCUT2D eigenvalue weighted by atomic mass is 10.0. The molecule has 0 bridgehead atoms. The van der Waals surface area contributed by atoms with Crippen LogP contribution in [-0.2, 0) is 9.53 Å². The second kappa shape index (κ2) is 5.78. The molecule has 2 fully saturated rings. The van der Waals surface area contributed by atoms with Crippen LogP contribution in [-0.4, -0.2) is 36.6 Å². The number of ether oxygens (including phenoxy) is 1. The maximum atomic E-state index is 12.4. The van der Waals surface area contributed by atoms with Gasteiger partial charge in [0.2, 0.25) is 5.91 Å². The molecule has 1 saturated carbocycles. The molecule has 1 saturated heterocycles. The number of benzene rings is 1. The van der Waals surface area contributed by atoms with Gasteiger partial charge in [-0.25, -0.2) is 0 Å². The largest absolute Gasteiger partial charge is 0.379 e. The molecule has 1 amide bonds.